The number of nitrogens with one attached hydrogen (secondary N) is 1. The highest BCUT2D eigenvalue weighted by Gasteiger charge is 2.15. The van der Waals surface area contributed by atoms with Gasteiger partial charge in [0.25, 0.3) is 0 Å². The molecular formula is C16H10Cl2FN5. The smallest absolute Gasteiger partial charge is 0.156 e. The fourth-order valence-electron chi connectivity index (χ4n) is 2.24. The summed E-state index contributed by atoms with van der Waals surface area (Å²) in [4.78, 5) is 15.9. The van der Waals surface area contributed by atoms with Crippen molar-refractivity contribution in [1.82, 2.24) is 15.0 Å². The molecule has 8 heteroatoms. The van der Waals surface area contributed by atoms with E-state index < -0.39 is 5.82 Å². The Balaban J connectivity index is 2.15. The standard InChI is InChI=1S/C16H10Cl2FN5/c1-3-8-9(20-2)4-5-10(14(8)19)23-16-13-11(21-7-22-16)6-12(17)24-15(13)18/h3-7H,1-2H2,(H,21,22,23). The molecule has 0 saturated carbocycles. The lowest BCUT2D eigenvalue weighted by molar-refractivity contribution is 0.629. The molecule has 0 unspecified atom stereocenters. The van der Waals surface area contributed by atoms with Crippen LogP contribution in [0.1, 0.15) is 5.56 Å². The first-order chi connectivity index (χ1) is 11.5. The van der Waals surface area contributed by atoms with Gasteiger partial charge in [-0.25, -0.2) is 19.3 Å². The molecule has 3 aromatic rings. The number of halogens is 3. The molecular weight excluding hydrogens is 352 g/mol. The number of pyridine rings is 1. The van der Waals surface area contributed by atoms with E-state index in [1.807, 2.05) is 0 Å². The lowest BCUT2D eigenvalue weighted by Crippen LogP contribution is -2.00. The Hall–Kier alpha value is -2.57. The summed E-state index contributed by atoms with van der Waals surface area (Å²) >= 11 is 12.0. The van der Waals surface area contributed by atoms with Gasteiger partial charge in [-0.2, -0.15) is 0 Å². The van der Waals surface area contributed by atoms with Crippen LogP contribution in [0.3, 0.4) is 0 Å². The van der Waals surface area contributed by atoms with E-state index >= 15 is 0 Å². The molecule has 0 aliphatic carbocycles. The number of hydrogen-bond donors (Lipinski definition) is 1. The Morgan fingerprint density at radius 3 is 2.75 bits per heavy atom. The number of aromatic nitrogens is 3. The topological polar surface area (TPSA) is 63.1 Å². The molecule has 24 heavy (non-hydrogen) atoms. The molecule has 2 heterocycles. The number of fused-ring (bicyclic) bond motifs is 1. The molecule has 0 amide bonds. The first-order valence-corrected chi connectivity index (χ1v) is 7.46. The maximum Gasteiger partial charge on any atom is 0.156 e. The first kappa shape index (κ1) is 16.3. The molecule has 2 aromatic heterocycles. The van der Waals surface area contributed by atoms with Gasteiger partial charge in [-0.1, -0.05) is 35.9 Å². The van der Waals surface area contributed by atoms with Gasteiger partial charge in [0.05, 0.1) is 22.3 Å². The zero-order valence-electron chi connectivity index (χ0n) is 12.2. The van der Waals surface area contributed by atoms with Crippen molar-refractivity contribution in [2.24, 2.45) is 4.99 Å². The Kier molecular flexibility index (Phi) is 4.42. The summed E-state index contributed by atoms with van der Waals surface area (Å²) in [7, 11) is 0. The van der Waals surface area contributed by atoms with Gasteiger partial charge in [0.1, 0.15) is 22.5 Å². The van der Waals surface area contributed by atoms with E-state index in [1.165, 1.54) is 18.5 Å². The van der Waals surface area contributed by atoms with Gasteiger partial charge >= 0.3 is 0 Å². The molecule has 0 atom stereocenters. The number of benzene rings is 1. The summed E-state index contributed by atoms with van der Waals surface area (Å²) in [5, 5.41) is 3.66. The quantitative estimate of drug-likeness (QED) is 0.513. The van der Waals surface area contributed by atoms with Crippen molar-refractivity contribution in [3.05, 3.63) is 52.8 Å². The van der Waals surface area contributed by atoms with Crippen LogP contribution in [0.4, 0.5) is 21.6 Å². The molecule has 0 spiro atoms. The molecule has 0 fully saturated rings. The summed E-state index contributed by atoms with van der Waals surface area (Å²) in [6.45, 7) is 7.01. The number of hydrogen-bond acceptors (Lipinski definition) is 5. The fourth-order valence-corrected chi connectivity index (χ4v) is 2.75. The minimum atomic E-state index is -0.528. The minimum Gasteiger partial charge on any atom is -0.337 e. The lowest BCUT2D eigenvalue weighted by atomic mass is 10.1. The zero-order valence-corrected chi connectivity index (χ0v) is 13.7. The Labute approximate surface area is 146 Å². The molecule has 0 saturated heterocycles. The third kappa shape index (κ3) is 2.81. The molecule has 1 N–H and O–H groups in total. The van der Waals surface area contributed by atoms with E-state index in [0.29, 0.717) is 22.4 Å². The molecule has 0 aliphatic rings. The largest absolute Gasteiger partial charge is 0.337 e. The Morgan fingerprint density at radius 1 is 1.25 bits per heavy atom. The third-order valence-electron chi connectivity index (χ3n) is 3.33. The van der Waals surface area contributed by atoms with Crippen molar-refractivity contribution in [3.8, 4) is 0 Å². The van der Waals surface area contributed by atoms with Gasteiger partial charge in [-0.15, -0.1) is 0 Å². The second-order valence-corrected chi connectivity index (χ2v) is 5.44. The van der Waals surface area contributed by atoms with Crippen LogP contribution in [-0.2, 0) is 0 Å². The third-order valence-corrected chi connectivity index (χ3v) is 3.80. The van der Waals surface area contributed by atoms with Gasteiger partial charge in [-0.05, 0) is 18.9 Å². The first-order valence-electron chi connectivity index (χ1n) is 6.70. The van der Waals surface area contributed by atoms with Crippen LogP contribution >= 0.6 is 23.2 Å². The summed E-state index contributed by atoms with van der Waals surface area (Å²) in [6.07, 6.45) is 2.69. The fraction of sp³-hybridized carbons (Fsp3) is 0. The summed E-state index contributed by atoms with van der Waals surface area (Å²) in [6, 6.07) is 4.69. The number of anilines is 2. The molecule has 0 bridgehead atoms. The van der Waals surface area contributed by atoms with E-state index in [2.05, 4.69) is 38.6 Å². The van der Waals surface area contributed by atoms with Crippen molar-refractivity contribution >= 4 is 64.1 Å². The van der Waals surface area contributed by atoms with Gasteiger partial charge in [0, 0.05) is 11.6 Å². The van der Waals surface area contributed by atoms with E-state index in [0.717, 1.165) is 0 Å². The predicted octanol–water partition coefficient (Wildman–Crippen LogP) is 5.19. The van der Waals surface area contributed by atoms with Crippen LogP contribution in [-0.4, -0.2) is 21.7 Å². The maximum atomic E-state index is 14.6. The van der Waals surface area contributed by atoms with Crippen LogP contribution in [0, 0.1) is 5.82 Å². The lowest BCUT2D eigenvalue weighted by Gasteiger charge is -2.12. The molecule has 5 nitrogen and oxygen atoms in total. The average molecular weight is 362 g/mol. The van der Waals surface area contributed by atoms with Crippen LogP contribution < -0.4 is 5.32 Å². The van der Waals surface area contributed by atoms with E-state index in [9.17, 15) is 4.39 Å². The summed E-state index contributed by atoms with van der Waals surface area (Å²) in [5.41, 5.74) is 1.31. The van der Waals surface area contributed by atoms with Crippen molar-refractivity contribution in [2.45, 2.75) is 0 Å². The minimum absolute atomic E-state index is 0.120. The van der Waals surface area contributed by atoms with Gasteiger partial charge in [-0.3, -0.25) is 4.99 Å². The van der Waals surface area contributed by atoms with Gasteiger partial charge in [0.2, 0.25) is 0 Å². The average Bonchev–Trinajstić information content (AvgIpc) is 2.56. The van der Waals surface area contributed by atoms with Crippen molar-refractivity contribution in [3.63, 3.8) is 0 Å². The number of nitrogens with zero attached hydrogens (tertiary/aromatic N) is 4. The maximum absolute atomic E-state index is 14.6. The molecule has 0 radical (unpaired) electrons. The molecule has 120 valence electrons. The van der Waals surface area contributed by atoms with Crippen molar-refractivity contribution in [1.29, 1.82) is 0 Å². The van der Waals surface area contributed by atoms with E-state index in [-0.39, 0.29) is 21.6 Å². The van der Waals surface area contributed by atoms with Gasteiger partial charge in [0.15, 0.2) is 5.82 Å². The van der Waals surface area contributed by atoms with Crippen molar-refractivity contribution < 1.29 is 4.39 Å². The van der Waals surface area contributed by atoms with E-state index in [4.69, 9.17) is 23.2 Å². The van der Waals surface area contributed by atoms with Gasteiger partial charge < -0.3 is 5.32 Å². The predicted molar refractivity (Wildman–Crippen MR) is 96.3 cm³/mol. The monoisotopic (exact) mass is 361 g/mol. The van der Waals surface area contributed by atoms with Crippen molar-refractivity contribution in [2.75, 3.05) is 5.32 Å². The summed E-state index contributed by atoms with van der Waals surface area (Å²) in [5.74, 6) is -0.220. The zero-order chi connectivity index (χ0) is 17.3. The second kappa shape index (κ2) is 6.51. The molecule has 0 aliphatic heterocycles. The summed E-state index contributed by atoms with van der Waals surface area (Å²) < 4.78 is 14.6. The van der Waals surface area contributed by atoms with Crippen LogP contribution in [0.5, 0.6) is 0 Å². The van der Waals surface area contributed by atoms with Crippen LogP contribution in [0.2, 0.25) is 10.3 Å². The van der Waals surface area contributed by atoms with Crippen LogP contribution in [0.15, 0.2) is 36.1 Å². The van der Waals surface area contributed by atoms with Crippen LogP contribution in [0.25, 0.3) is 17.0 Å². The molecule has 1 aromatic carbocycles. The Bertz CT molecular complexity index is 974. The normalized spacial score (nSPS) is 10.6. The number of aliphatic imine (C=N–C) groups is 1. The highest BCUT2D eigenvalue weighted by Crippen LogP contribution is 2.33. The highest BCUT2D eigenvalue weighted by atomic mass is 35.5. The SMILES string of the molecule is C=Cc1c(N=C)ccc(Nc2ncnc3cc(Cl)nc(Cl)c23)c1F. The Morgan fingerprint density at radius 2 is 2.04 bits per heavy atom. The second-order valence-electron chi connectivity index (χ2n) is 4.70. The highest BCUT2D eigenvalue weighted by molar-refractivity contribution is 6.37. The van der Waals surface area contributed by atoms with E-state index in [1.54, 1.807) is 12.1 Å². The molecule has 3 rings (SSSR count). The number of rotatable bonds is 4.